The minimum absolute atomic E-state index is 0.911. The molecule has 98 valence electrons. The number of rotatable bonds is 6. The number of hydrogen-bond acceptors (Lipinski definition) is 4. The second-order valence-corrected chi connectivity index (χ2v) is 5.36. The first kappa shape index (κ1) is 13.2. The lowest BCUT2D eigenvalue weighted by atomic mass is 10.2. The van der Waals surface area contributed by atoms with Crippen molar-refractivity contribution in [1.82, 2.24) is 19.9 Å². The summed E-state index contributed by atoms with van der Waals surface area (Å²) in [6, 6.07) is 0. The van der Waals surface area contributed by atoms with E-state index in [9.17, 15) is 0 Å². The van der Waals surface area contributed by atoms with Crippen LogP contribution in [-0.4, -0.2) is 21.1 Å². The lowest BCUT2D eigenvalue weighted by Crippen LogP contribution is -2.11. The van der Waals surface area contributed by atoms with E-state index in [1.165, 1.54) is 10.6 Å². The number of aryl methyl sites for hydroxylation is 2. The van der Waals surface area contributed by atoms with Crippen molar-refractivity contribution in [2.45, 2.75) is 33.2 Å². The van der Waals surface area contributed by atoms with Gasteiger partial charge < -0.3 is 9.88 Å². The summed E-state index contributed by atoms with van der Waals surface area (Å²) in [5.74, 6) is 0.958. The van der Waals surface area contributed by atoms with Crippen LogP contribution in [0.2, 0.25) is 0 Å². The molecule has 0 atom stereocenters. The van der Waals surface area contributed by atoms with E-state index in [1.54, 1.807) is 11.3 Å². The van der Waals surface area contributed by atoms with Gasteiger partial charge in [0, 0.05) is 30.9 Å². The quantitative estimate of drug-likeness (QED) is 0.872. The van der Waals surface area contributed by atoms with Crippen LogP contribution >= 0.6 is 11.3 Å². The lowest BCUT2D eigenvalue weighted by molar-refractivity contribution is 0.723. The van der Waals surface area contributed by atoms with Gasteiger partial charge in [0.25, 0.3) is 0 Å². The molecule has 2 heterocycles. The van der Waals surface area contributed by atoms with Crippen LogP contribution in [0.25, 0.3) is 10.8 Å². The first-order chi connectivity index (χ1) is 8.76. The summed E-state index contributed by atoms with van der Waals surface area (Å²) >= 11 is 1.75. The Bertz CT molecular complexity index is 501. The highest BCUT2D eigenvalue weighted by Crippen LogP contribution is 2.27. The fraction of sp³-hybridized carbons (Fsp3) is 0.538. The molecule has 0 unspecified atom stereocenters. The average Bonchev–Trinajstić information content (AvgIpc) is 2.94. The number of aromatic nitrogens is 3. The van der Waals surface area contributed by atoms with E-state index >= 15 is 0 Å². The molecule has 1 N–H and O–H groups in total. The normalized spacial score (nSPS) is 11.1. The molecule has 0 aliphatic carbocycles. The molecule has 18 heavy (non-hydrogen) atoms. The van der Waals surface area contributed by atoms with E-state index < -0.39 is 0 Å². The van der Waals surface area contributed by atoms with E-state index in [0.717, 1.165) is 36.8 Å². The maximum Gasteiger partial charge on any atom is 0.168 e. The highest BCUT2D eigenvalue weighted by atomic mass is 32.1. The average molecular weight is 264 g/mol. The Balaban J connectivity index is 2.29. The molecular weight excluding hydrogens is 244 g/mol. The minimum atomic E-state index is 0.911. The van der Waals surface area contributed by atoms with Crippen molar-refractivity contribution in [3.05, 3.63) is 23.0 Å². The van der Waals surface area contributed by atoms with E-state index in [4.69, 9.17) is 4.98 Å². The molecule has 2 aromatic heterocycles. The van der Waals surface area contributed by atoms with Gasteiger partial charge in [-0.15, -0.1) is 11.3 Å². The predicted octanol–water partition coefficient (Wildman–Crippen LogP) is 2.61. The van der Waals surface area contributed by atoms with Gasteiger partial charge in [0.2, 0.25) is 0 Å². The molecule has 4 nitrogen and oxygen atoms in total. The van der Waals surface area contributed by atoms with Crippen LogP contribution in [0.5, 0.6) is 0 Å². The standard InChI is InChI=1S/C13H20N4S/c1-4-6-10-11(9-14-5-2)18-13(16-10)12-15-7-8-17(12)3/h7-8,14H,4-6,9H2,1-3H3. The maximum atomic E-state index is 4.75. The maximum absolute atomic E-state index is 4.75. The van der Waals surface area contributed by atoms with Gasteiger partial charge in [-0.1, -0.05) is 20.3 Å². The van der Waals surface area contributed by atoms with Gasteiger partial charge in [0.05, 0.1) is 5.69 Å². The van der Waals surface area contributed by atoms with E-state index in [-0.39, 0.29) is 0 Å². The van der Waals surface area contributed by atoms with E-state index in [0.29, 0.717) is 0 Å². The fourth-order valence-corrected chi connectivity index (χ4v) is 2.98. The van der Waals surface area contributed by atoms with Gasteiger partial charge in [-0.05, 0) is 13.0 Å². The van der Waals surface area contributed by atoms with Crippen LogP contribution < -0.4 is 5.32 Å². The zero-order chi connectivity index (χ0) is 13.0. The predicted molar refractivity (Wildman–Crippen MR) is 75.7 cm³/mol. The van der Waals surface area contributed by atoms with Gasteiger partial charge >= 0.3 is 0 Å². The molecule has 0 aliphatic heterocycles. The molecule has 0 aromatic carbocycles. The van der Waals surface area contributed by atoms with E-state index in [1.807, 2.05) is 24.0 Å². The number of thiazole rings is 1. The molecule has 2 aromatic rings. The highest BCUT2D eigenvalue weighted by molar-refractivity contribution is 7.15. The van der Waals surface area contributed by atoms with Crippen molar-refractivity contribution in [1.29, 1.82) is 0 Å². The van der Waals surface area contributed by atoms with Gasteiger partial charge in [-0.3, -0.25) is 0 Å². The topological polar surface area (TPSA) is 42.7 Å². The van der Waals surface area contributed by atoms with Crippen molar-refractivity contribution in [2.24, 2.45) is 7.05 Å². The van der Waals surface area contributed by atoms with Crippen LogP contribution in [0.1, 0.15) is 30.8 Å². The van der Waals surface area contributed by atoms with Crippen LogP contribution in [-0.2, 0) is 20.0 Å². The summed E-state index contributed by atoms with van der Waals surface area (Å²) in [5, 5.41) is 4.41. The van der Waals surface area contributed by atoms with Crippen molar-refractivity contribution in [3.8, 4) is 10.8 Å². The van der Waals surface area contributed by atoms with Crippen LogP contribution in [0.3, 0.4) is 0 Å². The third-order valence-corrected chi connectivity index (χ3v) is 3.91. The smallest absolute Gasteiger partial charge is 0.168 e. The Morgan fingerprint density at radius 3 is 2.83 bits per heavy atom. The number of nitrogens with zero attached hydrogens (tertiary/aromatic N) is 3. The summed E-state index contributed by atoms with van der Waals surface area (Å²) in [5.41, 5.74) is 1.22. The number of hydrogen-bond donors (Lipinski definition) is 1. The van der Waals surface area contributed by atoms with Gasteiger partial charge in [-0.2, -0.15) is 0 Å². The van der Waals surface area contributed by atoms with Crippen molar-refractivity contribution in [2.75, 3.05) is 6.54 Å². The van der Waals surface area contributed by atoms with Gasteiger partial charge in [0.1, 0.15) is 0 Å². The van der Waals surface area contributed by atoms with Crippen LogP contribution in [0, 0.1) is 0 Å². The molecular formula is C13H20N4S. The number of nitrogens with one attached hydrogen (secondary N) is 1. The summed E-state index contributed by atoms with van der Waals surface area (Å²) in [6.07, 6.45) is 5.95. The zero-order valence-corrected chi connectivity index (χ0v) is 12.0. The molecule has 0 spiro atoms. The van der Waals surface area contributed by atoms with Crippen LogP contribution in [0.15, 0.2) is 12.4 Å². The third kappa shape index (κ3) is 2.79. The Morgan fingerprint density at radius 2 is 2.22 bits per heavy atom. The Kier molecular flexibility index (Phi) is 4.49. The third-order valence-electron chi connectivity index (χ3n) is 2.81. The second-order valence-electron chi connectivity index (χ2n) is 4.28. The monoisotopic (exact) mass is 264 g/mol. The van der Waals surface area contributed by atoms with Gasteiger partial charge in [0.15, 0.2) is 10.8 Å². The summed E-state index contributed by atoms with van der Waals surface area (Å²) < 4.78 is 2.02. The zero-order valence-electron chi connectivity index (χ0n) is 11.2. The van der Waals surface area contributed by atoms with Crippen molar-refractivity contribution in [3.63, 3.8) is 0 Å². The molecule has 5 heteroatoms. The summed E-state index contributed by atoms with van der Waals surface area (Å²) in [4.78, 5) is 10.5. The summed E-state index contributed by atoms with van der Waals surface area (Å²) in [7, 11) is 2.01. The second kappa shape index (κ2) is 6.11. The van der Waals surface area contributed by atoms with Crippen molar-refractivity contribution < 1.29 is 0 Å². The molecule has 0 fully saturated rings. The van der Waals surface area contributed by atoms with Crippen LogP contribution in [0.4, 0.5) is 0 Å². The summed E-state index contributed by atoms with van der Waals surface area (Å²) in [6.45, 7) is 6.21. The van der Waals surface area contributed by atoms with Gasteiger partial charge in [-0.25, -0.2) is 9.97 Å². The largest absolute Gasteiger partial charge is 0.332 e. The highest BCUT2D eigenvalue weighted by Gasteiger charge is 2.14. The molecule has 0 aliphatic rings. The lowest BCUT2D eigenvalue weighted by Gasteiger charge is -2.00. The molecule has 2 rings (SSSR count). The van der Waals surface area contributed by atoms with E-state index in [2.05, 4.69) is 24.1 Å². The minimum Gasteiger partial charge on any atom is -0.332 e. The Morgan fingerprint density at radius 1 is 1.39 bits per heavy atom. The molecule has 0 saturated heterocycles. The first-order valence-electron chi connectivity index (χ1n) is 6.43. The SMILES string of the molecule is CCCc1nc(-c2nccn2C)sc1CNCC. The Hall–Kier alpha value is -1.20. The molecule has 0 radical (unpaired) electrons. The van der Waals surface area contributed by atoms with Crippen molar-refractivity contribution >= 4 is 11.3 Å². The molecule has 0 bridgehead atoms. The molecule has 0 saturated carbocycles. The number of imidazole rings is 1. The Labute approximate surface area is 112 Å². The molecule has 0 amide bonds. The fourth-order valence-electron chi connectivity index (χ4n) is 1.86. The first-order valence-corrected chi connectivity index (χ1v) is 7.24.